The van der Waals surface area contributed by atoms with Gasteiger partial charge in [0.25, 0.3) is 0 Å². The van der Waals surface area contributed by atoms with Crippen molar-refractivity contribution < 1.29 is 24.1 Å². The third kappa shape index (κ3) is 4.06. The lowest BCUT2D eigenvalue weighted by Gasteiger charge is -2.27. The molecule has 0 amide bonds. The number of esters is 1. The lowest BCUT2D eigenvalue weighted by molar-refractivity contribution is -0.184. The first-order chi connectivity index (χ1) is 7.43. The summed E-state index contributed by atoms with van der Waals surface area (Å²) in [5.41, 5.74) is 0. The molecule has 1 saturated carbocycles. The lowest BCUT2D eigenvalue weighted by Crippen LogP contribution is -2.33. The first-order valence-electron chi connectivity index (χ1n) is 5.63. The Balaban J connectivity index is 2.22. The normalized spacial score (nSPS) is 29.5. The third-order valence-electron chi connectivity index (χ3n) is 3.05. The van der Waals surface area contributed by atoms with Crippen LogP contribution in [0.15, 0.2) is 0 Å². The van der Waals surface area contributed by atoms with Crippen molar-refractivity contribution in [2.45, 2.75) is 38.5 Å². The standard InChI is InChI=1S/C11H19FO4/c1-11(12,15)10(14)16-7-9-4-2-8(6-13)3-5-9/h8-9,13,15H,2-7H2,1H3. The highest BCUT2D eigenvalue weighted by Crippen LogP contribution is 2.28. The van der Waals surface area contributed by atoms with Crippen molar-refractivity contribution in [2.24, 2.45) is 11.8 Å². The second kappa shape index (κ2) is 5.59. The molecule has 0 spiro atoms. The summed E-state index contributed by atoms with van der Waals surface area (Å²) in [5, 5.41) is 17.7. The minimum Gasteiger partial charge on any atom is -0.461 e. The quantitative estimate of drug-likeness (QED) is 0.712. The van der Waals surface area contributed by atoms with Crippen LogP contribution in [0, 0.1) is 11.8 Å². The average Bonchev–Trinajstić information content (AvgIpc) is 2.25. The van der Waals surface area contributed by atoms with Crippen molar-refractivity contribution in [2.75, 3.05) is 13.2 Å². The zero-order chi connectivity index (χ0) is 12.2. The van der Waals surface area contributed by atoms with Crippen molar-refractivity contribution >= 4 is 5.97 Å². The largest absolute Gasteiger partial charge is 0.461 e. The van der Waals surface area contributed by atoms with E-state index in [-0.39, 0.29) is 19.1 Å². The van der Waals surface area contributed by atoms with Crippen molar-refractivity contribution in [3.05, 3.63) is 0 Å². The smallest absolute Gasteiger partial charge is 0.371 e. The van der Waals surface area contributed by atoms with Crippen LogP contribution in [0.1, 0.15) is 32.6 Å². The van der Waals surface area contributed by atoms with Crippen molar-refractivity contribution in [3.63, 3.8) is 0 Å². The molecule has 0 heterocycles. The van der Waals surface area contributed by atoms with Gasteiger partial charge >= 0.3 is 11.8 Å². The zero-order valence-electron chi connectivity index (χ0n) is 9.49. The predicted molar refractivity (Wildman–Crippen MR) is 55.2 cm³/mol. The Labute approximate surface area is 94.4 Å². The number of carbonyl (C=O) groups excluding carboxylic acids is 1. The molecule has 1 fully saturated rings. The molecule has 0 saturated heterocycles. The maximum atomic E-state index is 12.7. The summed E-state index contributed by atoms with van der Waals surface area (Å²) in [6, 6.07) is 0. The van der Waals surface area contributed by atoms with Gasteiger partial charge in [0.1, 0.15) is 0 Å². The van der Waals surface area contributed by atoms with E-state index in [4.69, 9.17) is 10.2 Å². The van der Waals surface area contributed by atoms with Gasteiger partial charge in [0.05, 0.1) is 6.61 Å². The number of aliphatic hydroxyl groups is 2. The molecule has 2 N–H and O–H groups in total. The average molecular weight is 234 g/mol. The van der Waals surface area contributed by atoms with Gasteiger partial charge < -0.3 is 14.9 Å². The van der Waals surface area contributed by atoms with Crippen LogP contribution in [-0.2, 0) is 9.53 Å². The Morgan fingerprint density at radius 2 is 1.88 bits per heavy atom. The van der Waals surface area contributed by atoms with Gasteiger partial charge in [-0.05, 0) is 37.5 Å². The van der Waals surface area contributed by atoms with Gasteiger partial charge in [-0.25, -0.2) is 4.79 Å². The van der Waals surface area contributed by atoms with Crippen LogP contribution in [0.5, 0.6) is 0 Å². The summed E-state index contributed by atoms with van der Waals surface area (Å²) in [6.45, 7) is 1.11. The minimum absolute atomic E-state index is 0.150. The van der Waals surface area contributed by atoms with E-state index in [1.165, 1.54) is 0 Å². The number of ether oxygens (including phenoxy) is 1. The van der Waals surface area contributed by atoms with Crippen LogP contribution < -0.4 is 0 Å². The van der Waals surface area contributed by atoms with E-state index < -0.39 is 11.8 Å². The highest BCUT2D eigenvalue weighted by Gasteiger charge is 2.32. The Morgan fingerprint density at radius 3 is 2.31 bits per heavy atom. The van der Waals surface area contributed by atoms with Crippen LogP contribution in [0.25, 0.3) is 0 Å². The Bertz CT molecular complexity index is 229. The fraction of sp³-hybridized carbons (Fsp3) is 0.909. The summed E-state index contributed by atoms with van der Waals surface area (Å²) < 4.78 is 17.4. The van der Waals surface area contributed by atoms with Crippen molar-refractivity contribution in [1.82, 2.24) is 0 Å². The number of halogens is 1. The van der Waals surface area contributed by atoms with Crippen LogP contribution in [-0.4, -0.2) is 35.3 Å². The second-order valence-corrected chi connectivity index (χ2v) is 4.62. The Morgan fingerprint density at radius 1 is 1.38 bits per heavy atom. The molecule has 1 aliphatic rings. The van der Waals surface area contributed by atoms with Crippen molar-refractivity contribution in [3.8, 4) is 0 Å². The molecule has 0 aromatic rings. The van der Waals surface area contributed by atoms with Gasteiger partial charge in [0.15, 0.2) is 0 Å². The monoisotopic (exact) mass is 234 g/mol. The molecule has 0 aliphatic heterocycles. The van der Waals surface area contributed by atoms with Crippen LogP contribution in [0.3, 0.4) is 0 Å². The number of rotatable bonds is 4. The van der Waals surface area contributed by atoms with E-state index in [9.17, 15) is 9.18 Å². The molecule has 1 rings (SSSR count). The minimum atomic E-state index is -2.90. The SMILES string of the molecule is CC(O)(F)C(=O)OCC1CCC(CO)CC1. The molecule has 1 atom stereocenters. The molecule has 0 aromatic heterocycles. The van der Waals surface area contributed by atoms with E-state index in [1.54, 1.807) is 0 Å². The van der Waals surface area contributed by atoms with Gasteiger partial charge in [-0.2, -0.15) is 4.39 Å². The molecule has 5 heteroatoms. The van der Waals surface area contributed by atoms with E-state index >= 15 is 0 Å². The van der Waals surface area contributed by atoms with E-state index in [0.29, 0.717) is 5.92 Å². The van der Waals surface area contributed by atoms with Gasteiger partial charge in [0.2, 0.25) is 0 Å². The van der Waals surface area contributed by atoms with Gasteiger partial charge in [-0.1, -0.05) is 0 Å². The molecule has 1 unspecified atom stereocenters. The fourth-order valence-corrected chi connectivity index (χ4v) is 1.91. The lowest BCUT2D eigenvalue weighted by atomic mass is 9.83. The second-order valence-electron chi connectivity index (χ2n) is 4.62. The molecular formula is C11H19FO4. The number of aliphatic hydroxyl groups excluding tert-OH is 1. The number of carbonyl (C=O) groups is 1. The number of hydrogen-bond donors (Lipinski definition) is 2. The first-order valence-corrected chi connectivity index (χ1v) is 5.63. The van der Waals surface area contributed by atoms with Crippen molar-refractivity contribution in [1.29, 1.82) is 0 Å². The highest BCUT2D eigenvalue weighted by molar-refractivity contribution is 5.76. The fourth-order valence-electron chi connectivity index (χ4n) is 1.91. The molecule has 94 valence electrons. The summed E-state index contributed by atoms with van der Waals surface area (Å²) in [5.74, 6) is -3.57. The molecular weight excluding hydrogens is 215 g/mol. The summed E-state index contributed by atoms with van der Waals surface area (Å²) in [7, 11) is 0. The molecule has 0 aromatic carbocycles. The summed E-state index contributed by atoms with van der Waals surface area (Å²) in [4.78, 5) is 10.9. The molecule has 4 nitrogen and oxygen atoms in total. The first kappa shape index (κ1) is 13.4. The topological polar surface area (TPSA) is 66.8 Å². The van der Waals surface area contributed by atoms with Crippen LogP contribution >= 0.6 is 0 Å². The number of hydrogen-bond acceptors (Lipinski definition) is 4. The van der Waals surface area contributed by atoms with Gasteiger partial charge in [-0.15, -0.1) is 0 Å². The Kier molecular flexibility index (Phi) is 4.68. The predicted octanol–water partition coefficient (Wildman–Crippen LogP) is 1.01. The maximum Gasteiger partial charge on any atom is 0.371 e. The van der Waals surface area contributed by atoms with Gasteiger partial charge in [-0.3, -0.25) is 0 Å². The summed E-state index contributed by atoms with van der Waals surface area (Å²) in [6.07, 6.45) is 3.55. The Hall–Kier alpha value is -0.680. The van der Waals surface area contributed by atoms with E-state index in [1.807, 2.05) is 0 Å². The number of alkyl halides is 1. The molecule has 0 radical (unpaired) electrons. The maximum absolute atomic E-state index is 12.7. The highest BCUT2D eigenvalue weighted by atomic mass is 19.2. The van der Waals surface area contributed by atoms with E-state index in [2.05, 4.69) is 4.74 Å². The van der Waals surface area contributed by atoms with E-state index in [0.717, 1.165) is 32.6 Å². The van der Waals surface area contributed by atoms with Crippen LogP contribution in [0.2, 0.25) is 0 Å². The molecule has 0 bridgehead atoms. The molecule has 1 aliphatic carbocycles. The van der Waals surface area contributed by atoms with Gasteiger partial charge in [0, 0.05) is 13.5 Å². The summed E-state index contributed by atoms with van der Waals surface area (Å²) >= 11 is 0. The zero-order valence-corrected chi connectivity index (χ0v) is 9.49. The molecule has 16 heavy (non-hydrogen) atoms. The van der Waals surface area contributed by atoms with Crippen LogP contribution in [0.4, 0.5) is 4.39 Å². The third-order valence-corrected chi connectivity index (χ3v) is 3.05.